The van der Waals surface area contributed by atoms with Crippen molar-refractivity contribution < 1.29 is 4.74 Å². The van der Waals surface area contributed by atoms with Gasteiger partial charge in [-0.1, -0.05) is 22.0 Å². The van der Waals surface area contributed by atoms with Crippen LogP contribution in [0, 0.1) is 5.92 Å². The van der Waals surface area contributed by atoms with Crippen LogP contribution < -0.4 is 10.1 Å². The Labute approximate surface area is 124 Å². The first-order valence-electron chi connectivity index (χ1n) is 7.01. The standard InChI is InChI=1S/C15H23BrN2O/c1-18-8-3-4-13(12-18)11-17-7-9-19-15-6-2-5-14(16)10-15/h2,5-6,10,13,17H,3-4,7-9,11-12H2,1H3. The van der Waals surface area contributed by atoms with Crippen LogP contribution in [0.2, 0.25) is 0 Å². The lowest BCUT2D eigenvalue weighted by molar-refractivity contribution is 0.203. The average Bonchev–Trinajstić information content (AvgIpc) is 2.38. The lowest BCUT2D eigenvalue weighted by atomic mass is 9.98. The second-order valence-corrected chi connectivity index (χ2v) is 6.20. The van der Waals surface area contributed by atoms with Crippen LogP contribution in [0.25, 0.3) is 0 Å². The van der Waals surface area contributed by atoms with Crippen LogP contribution in [0.15, 0.2) is 28.7 Å². The summed E-state index contributed by atoms with van der Waals surface area (Å²) in [6.07, 6.45) is 2.68. The summed E-state index contributed by atoms with van der Waals surface area (Å²) in [6.45, 7) is 5.21. The zero-order valence-electron chi connectivity index (χ0n) is 11.6. The smallest absolute Gasteiger partial charge is 0.120 e. The predicted octanol–water partition coefficient (Wildman–Crippen LogP) is 2.76. The van der Waals surface area contributed by atoms with Gasteiger partial charge < -0.3 is 15.0 Å². The molecule has 3 nitrogen and oxygen atoms in total. The summed E-state index contributed by atoms with van der Waals surface area (Å²) < 4.78 is 6.75. The summed E-state index contributed by atoms with van der Waals surface area (Å²) in [4.78, 5) is 2.42. The molecule has 0 saturated carbocycles. The number of piperidine rings is 1. The van der Waals surface area contributed by atoms with Crippen LogP contribution in [-0.4, -0.2) is 44.7 Å². The summed E-state index contributed by atoms with van der Waals surface area (Å²) >= 11 is 3.44. The molecule has 1 aromatic rings. The Bertz CT molecular complexity index is 386. The lowest BCUT2D eigenvalue weighted by Crippen LogP contribution is -2.38. The van der Waals surface area contributed by atoms with Crippen molar-refractivity contribution in [3.05, 3.63) is 28.7 Å². The Morgan fingerprint density at radius 3 is 3.16 bits per heavy atom. The maximum Gasteiger partial charge on any atom is 0.120 e. The third-order valence-corrected chi connectivity index (χ3v) is 3.99. The average molecular weight is 327 g/mol. The van der Waals surface area contributed by atoms with Gasteiger partial charge in [-0.15, -0.1) is 0 Å². The molecule has 0 aromatic heterocycles. The molecule has 19 heavy (non-hydrogen) atoms. The van der Waals surface area contributed by atoms with Gasteiger partial charge >= 0.3 is 0 Å². The minimum absolute atomic E-state index is 0.721. The summed E-state index contributed by atoms with van der Waals surface area (Å²) in [6, 6.07) is 7.98. The summed E-state index contributed by atoms with van der Waals surface area (Å²) in [7, 11) is 2.21. The van der Waals surface area contributed by atoms with Gasteiger partial charge in [0.2, 0.25) is 0 Å². The van der Waals surface area contributed by atoms with E-state index in [2.05, 4.69) is 33.2 Å². The van der Waals surface area contributed by atoms with Crippen molar-refractivity contribution in [2.75, 3.05) is 39.8 Å². The zero-order valence-corrected chi connectivity index (χ0v) is 13.2. The van der Waals surface area contributed by atoms with Crippen molar-refractivity contribution in [1.82, 2.24) is 10.2 Å². The minimum atomic E-state index is 0.721. The number of ether oxygens (including phenoxy) is 1. The van der Waals surface area contributed by atoms with E-state index in [9.17, 15) is 0 Å². The highest BCUT2D eigenvalue weighted by atomic mass is 79.9. The van der Waals surface area contributed by atoms with Crippen molar-refractivity contribution in [1.29, 1.82) is 0 Å². The molecule has 2 rings (SSSR count). The molecule has 0 aliphatic carbocycles. The number of halogens is 1. The second-order valence-electron chi connectivity index (χ2n) is 5.28. The molecule has 0 spiro atoms. The van der Waals surface area contributed by atoms with Gasteiger partial charge in [0, 0.05) is 17.6 Å². The quantitative estimate of drug-likeness (QED) is 0.813. The molecule has 1 aliphatic rings. The SMILES string of the molecule is CN1CCCC(CNCCOc2cccc(Br)c2)C1. The van der Waals surface area contributed by atoms with E-state index >= 15 is 0 Å². The maximum absolute atomic E-state index is 5.69. The van der Waals surface area contributed by atoms with Crippen molar-refractivity contribution in [3.63, 3.8) is 0 Å². The number of hydrogen-bond acceptors (Lipinski definition) is 3. The van der Waals surface area contributed by atoms with E-state index in [-0.39, 0.29) is 0 Å². The fourth-order valence-corrected chi connectivity index (χ4v) is 2.92. The van der Waals surface area contributed by atoms with Crippen molar-refractivity contribution in [3.8, 4) is 5.75 Å². The second kappa shape index (κ2) is 7.88. The summed E-state index contributed by atoms with van der Waals surface area (Å²) in [5.74, 6) is 1.72. The number of hydrogen-bond donors (Lipinski definition) is 1. The fraction of sp³-hybridized carbons (Fsp3) is 0.600. The monoisotopic (exact) mass is 326 g/mol. The van der Waals surface area contributed by atoms with Crippen molar-refractivity contribution in [2.24, 2.45) is 5.92 Å². The van der Waals surface area contributed by atoms with Gasteiger partial charge in [-0.25, -0.2) is 0 Å². The molecule has 0 radical (unpaired) electrons. The molecule has 1 atom stereocenters. The highest BCUT2D eigenvalue weighted by Gasteiger charge is 2.16. The molecular formula is C15H23BrN2O. The van der Waals surface area contributed by atoms with E-state index in [0.29, 0.717) is 0 Å². The Morgan fingerprint density at radius 1 is 1.47 bits per heavy atom. The van der Waals surface area contributed by atoms with Crippen LogP contribution >= 0.6 is 15.9 Å². The molecule has 0 bridgehead atoms. The molecule has 1 heterocycles. The highest BCUT2D eigenvalue weighted by Crippen LogP contribution is 2.17. The van der Waals surface area contributed by atoms with Crippen LogP contribution in [0.1, 0.15) is 12.8 Å². The highest BCUT2D eigenvalue weighted by molar-refractivity contribution is 9.10. The van der Waals surface area contributed by atoms with E-state index in [1.54, 1.807) is 0 Å². The van der Waals surface area contributed by atoms with Gasteiger partial charge in [0.25, 0.3) is 0 Å². The van der Waals surface area contributed by atoms with Crippen LogP contribution in [0.4, 0.5) is 0 Å². The predicted molar refractivity (Wildman–Crippen MR) is 82.7 cm³/mol. The van der Waals surface area contributed by atoms with Gasteiger partial charge in [-0.3, -0.25) is 0 Å². The first-order valence-corrected chi connectivity index (χ1v) is 7.81. The molecule has 1 N–H and O–H groups in total. The van der Waals surface area contributed by atoms with E-state index in [1.807, 2.05) is 24.3 Å². The van der Waals surface area contributed by atoms with Gasteiger partial charge in [0.1, 0.15) is 12.4 Å². The molecule has 4 heteroatoms. The molecule has 1 saturated heterocycles. The van der Waals surface area contributed by atoms with Gasteiger partial charge in [-0.2, -0.15) is 0 Å². The fourth-order valence-electron chi connectivity index (χ4n) is 2.54. The van der Waals surface area contributed by atoms with Crippen LogP contribution in [-0.2, 0) is 0 Å². The molecule has 106 valence electrons. The number of rotatable bonds is 6. The maximum atomic E-state index is 5.69. The third-order valence-electron chi connectivity index (χ3n) is 3.50. The lowest BCUT2D eigenvalue weighted by Gasteiger charge is -2.29. The Kier molecular flexibility index (Phi) is 6.14. The molecule has 0 amide bonds. The van der Waals surface area contributed by atoms with Crippen LogP contribution in [0.5, 0.6) is 5.75 Å². The molecule has 1 aromatic carbocycles. The molecular weight excluding hydrogens is 304 g/mol. The van der Waals surface area contributed by atoms with E-state index < -0.39 is 0 Å². The topological polar surface area (TPSA) is 24.5 Å². The first kappa shape index (κ1) is 14.8. The van der Waals surface area contributed by atoms with Gasteiger partial charge in [-0.05, 0) is 57.1 Å². The van der Waals surface area contributed by atoms with Crippen LogP contribution in [0.3, 0.4) is 0 Å². The Morgan fingerprint density at radius 2 is 2.37 bits per heavy atom. The largest absolute Gasteiger partial charge is 0.492 e. The van der Waals surface area contributed by atoms with Gasteiger partial charge in [0.15, 0.2) is 0 Å². The molecule has 1 fully saturated rings. The summed E-state index contributed by atoms with van der Waals surface area (Å²) in [5.41, 5.74) is 0. The van der Waals surface area contributed by atoms with Gasteiger partial charge in [0.05, 0.1) is 0 Å². The van der Waals surface area contributed by atoms with Crippen molar-refractivity contribution >= 4 is 15.9 Å². The minimum Gasteiger partial charge on any atom is -0.492 e. The zero-order chi connectivity index (χ0) is 13.5. The van der Waals surface area contributed by atoms with Crippen molar-refractivity contribution in [2.45, 2.75) is 12.8 Å². The van der Waals surface area contributed by atoms with E-state index in [1.165, 1.54) is 25.9 Å². The summed E-state index contributed by atoms with van der Waals surface area (Å²) in [5, 5.41) is 3.50. The number of nitrogens with zero attached hydrogens (tertiary/aromatic N) is 1. The van der Waals surface area contributed by atoms with E-state index in [4.69, 9.17) is 4.74 Å². The number of nitrogens with one attached hydrogen (secondary N) is 1. The Balaban J connectivity index is 1.57. The Hall–Kier alpha value is -0.580. The molecule has 1 aliphatic heterocycles. The first-order chi connectivity index (χ1) is 9.24. The number of benzene rings is 1. The molecule has 1 unspecified atom stereocenters. The normalized spacial score (nSPS) is 20.4. The van der Waals surface area contributed by atoms with E-state index in [0.717, 1.165) is 35.8 Å². The third kappa shape index (κ3) is 5.51. The number of likely N-dealkylation sites (tertiary alicyclic amines) is 1.